The molecule has 1 nitrogen and oxygen atoms in total. The Labute approximate surface area is 109 Å². The van der Waals surface area contributed by atoms with Crippen LogP contribution in [0.4, 0.5) is 0 Å². The van der Waals surface area contributed by atoms with Gasteiger partial charge in [0.2, 0.25) is 0 Å². The molecule has 2 unspecified atom stereocenters. The third kappa shape index (κ3) is 3.46. The first kappa shape index (κ1) is 12.9. The van der Waals surface area contributed by atoms with Gasteiger partial charge in [-0.2, -0.15) is 0 Å². The number of halogens is 1. The maximum absolute atomic E-state index is 3.88. The second kappa shape index (κ2) is 6.39. The normalized spacial score (nSPS) is 33.2. The molecule has 0 bridgehead atoms. The Morgan fingerprint density at radius 2 is 1.56 bits per heavy atom. The Morgan fingerprint density at radius 1 is 0.938 bits per heavy atom. The van der Waals surface area contributed by atoms with Crippen molar-refractivity contribution in [2.75, 3.05) is 13.6 Å². The largest absolute Gasteiger partial charge is 0.302 e. The second-order valence-electron chi connectivity index (χ2n) is 5.81. The molecular weight excluding hydrogens is 262 g/mol. The molecule has 16 heavy (non-hydrogen) atoms. The SMILES string of the molecule is CN(CC1CCCCC1)C1CCCCC1Br. The molecule has 0 N–H and O–H groups in total. The molecule has 94 valence electrons. The average Bonchev–Trinajstić information content (AvgIpc) is 2.31. The van der Waals surface area contributed by atoms with Crippen molar-refractivity contribution in [1.29, 1.82) is 0 Å². The average molecular weight is 288 g/mol. The van der Waals surface area contributed by atoms with Crippen molar-refractivity contribution in [3.8, 4) is 0 Å². The zero-order chi connectivity index (χ0) is 11.4. The van der Waals surface area contributed by atoms with E-state index in [9.17, 15) is 0 Å². The predicted molar refractivity (Wildman–Crippen MR) is 74.2 cm³/mol. The maximum atomic E-state index is 3.88. The molecule has 0 radical (unpaired) electrons. The molecule has 2 aliphatic carbocycles. The fourth-order valence-corrected chi connectivity index (χ4v) is 4.47. The van der Waals surface area contributed by atoms with Crippen LogP contribution in [-0.4, -0.2) is 29.4 Å². The highest BCUT2D eigenvalue weighted by molar-refractivity contribution is 9.09. The minimum atomic E-state index is 0.745. The van der Waals surface area contributed by atoms with Gasteiger partial charge in [0.1, 0.15) is 0 Å². The smallest absolute Gasteiger partial charge is 0.0301 e. The summed E-state index contributed by atoms with van der Waals surface area (Å²) in [5, 5.41) is 0. The van der Waals surface area contributed by atoms with Crippen LogP contribution in [0.3, 0.4) is 0 Å². The minimum absolute atomic E-state index is 0.745. The van der Waals surface area contributed by atoms with Gasteiger partial charge in [-0.15, -0.1) is 0 Å². The Morgan fingerprint density at radius 3 is 2.25 bits per heavy atom. The van der Waals surface area contributed by atoms with E-state index in [0.717, 1.165) is 16.8 Å². The molecule has 0 heterocycles. The van der Waals surface area contributed by atoms with E-state index < -0.39 is 0 Å². The molecule has 2 atom stereocenters. The van der Waals surface area contributed by atoms with Gasteiger partial charge in [0.05, 0.1) is 0 Å². The number of alkyl halides is 1. The van der Waals surface area contributed by atoms with Gasteiger partial charge in [0, 0.05) is 17.4 Å². The fourth-order valence-electron chi connectivity index (χ4n) is 3.47. The van der Waals surface area contributed by atoms with Crippen LogP contribution in [0.5, 0.6) is 0 Å². The molecule has 2 saturated carbocycles. The number of hydrogen-bond acceptors (Lipinski definition) is 1. The predicted octanol–water partition coefficient (Wildman–Crippen LogP) is 4.20. The lowest BCUT2D eigenvalue weighted by Gasteiger charge is -2.37. The van der Waals surface area contributed by atoms with Crippen molar-refractivity contribution in [3.63, 3.8) is 0 Å². The zero-order valence-electron chi connectivity index (χ0n) is 10.6. The van der Waals surface area contributed by atoms with Gasteiger partial charge in [-0.05, 0) is 38.6 Å². The van der Waals surface area contributed by atoms with Crippen LogP contribution >= 0.6 is 15.9 Å². The highest BCUT2D eigenvalue weighted by Crippen LogP contribution is 2.30. The van der Waals surface area contributed by atoms with Gasteiger partial charge in [0.15, 0.2) is 0 Å². The van der Waals surface area contributed by atoms with Gasteiger partial charge in [-0.1, -0.05) is 48.0 Å². The first-order valence-corrected chi connectivity index (χ1v) is 8.03. The van der Waals surface area contributed by atoms with Crippen molar-refractivity contribution in [2.45, 2.75) is 68.7 Å². The highest BCUT2D eigenvalue weighted by Gasteiger charge is 2.27. The summed E-state index contributed by atoms with van der Waals surface area (Å²) in [5.74, 6) is 0.986. The van der Waals surface area contributed by atoms with E-state index in [1.54, 1.807) is 0 Å². The highest BCUT2D eigenvalue weighted by atomic mass is 79.9. The summed E-state index contributed by atoms with van der Waals surface area (Å²) in [6, 6.07) is 0.802. The van der Waals surface area contributed by atoms with Gasteiger partial charge in [-0.3, -0.25) is 0 Å². The molecule has 0 aliphatic heterocycles. The molecule has 2 aliphatic rings. The third-order valence-corrected chi connectivity index (χ3v) is 5.55. The van der Waals surface area contributed by atoms with E-state index in [4.69, 9.17) is 0 Å². The van der Waals surface area contributed by atoms with Gasteiger partial charge < -0.3 is 4.90 Å². The Balaban J connectivity index is 1.78. The summed E-state index contributed by atoms with van der Waals surface area (Å²) in [7, 11) is 2.35. The van der Waals surface area contributed by atoms with Crippen LogP contribution < -0.4 is 0 Å². The van der Waals surface area contributed by atoms with Gasteiger partial charge in [-0.25, -0.2) is 0 Å². The molecule has 0 spiro atoms. The Hall–Kier alpha value is 0.440. The first-order valence-electron chi connectivity index (χ1n) is 7.11. The Bertz CT molecular complexity index is 201. The number of nitrogens with zero attached hydrogens (tertiary/aromatic N) is 1. The number of rotatable bonds is 3. The number of hydrogen-bond donors (Lipinski definition) is 0. The summed E-state index contributed by atoms with van der Waals surface area (Å²) in [4.78, 5) is 3.39. The molecule has 0 aromatic heterocycles. The fraction of sp³-hybridized carbons (Fsp3) is 1.00. The van der Waals surface area contributed by atoms with Crippen molar-refractivity contribution < 1.29 is 0 Å². The van der Waals surface area contributed by atoms with E-state index in [1.165, 1.54) is 64.3 Å². The van der Waals surface area contributed by atoms with E-state index in [0.29, 0.717) is 0 Å². The molecule has 0 saturated heterocycles. The van der Waals surface area contributed by atoms with E-state index in [-0.39, 0.29) is 0 Å². The van der Waals surface area contributed by atoms with E-state index in [1.807, 2.05) is 0 Å². The summed E-state index contributed by atoms with van der Waals surface area (Å²) in [5.41, 5.74) is 0. The third-order valence-electron chi connectivity index (χ3n) is 4.48. The van der Waals surface area contributed by atoms with Crippen LogP contribution in [0.25, 0.3) is 0 Å². The summed E-state index contributed by atoms with van der Waals surface area (Å²) >= 11 is 3.88. The summed E-state index contributed by atoms with van der Waals surface area (Å²) < 4.78 is 0. The standard InChI is InChI=1S/C14H26BrN/c1-16(11-12-7-3-2-4-8-12)14-10-6-5-9-13(14)15/h12-14H,2-11H2,1H3. The van der Waals surface area contributed by atoms with Crippen LogP contribution in [0.15, 0.2) is 0 Å². The summed E-state index contributed by atoms with van der Waals surface area (Å²) in [6.45, 7) is 1.34. The lowest BCUT2D eigenvalue weighted by Crippen LogP contribution is -2.43. The van der Waals surface area contributed by atoms with Gasteiger partial charge in [0.25, 0.3) is 0 Å². The lowest BCUT2D eigenvalue weighted by molar-refractivity contribution is 0.156. The van der Waals surface area contributed by atoms with Crippen LogP contribution in [0.2, 0.25) is 0 Å². The van der Waals surface area contributed by atoms with E-state index >= 15 is 0 Å². The molecular formula is C14H26BrN. The molecule has 0 amide bonds. The van der Waals surface area contributed by atoms with Crippen molar-refractivity contribution in [1.82, 2.24) is 4.90 Å². The van der Waals surface area contributed by atoms with Crippen molar-refractivity contribution in [2.24, 2.45) is 5.92 Å². The van der Waals surface area contributed by atoms with E-state index in [2.05, 4.69) is 27.9 Å². The topological polar surface area (TPSA) is 3.24 Å². The van der Waals surface area contributed by atoms with Crippen LogP contribution in [0, 0.1) is 5.92 Å². The molecule has 0 aromatic carbocycles. The quantitative estimate of drug-likeness (QED) is 0.703. The molecule has 0 aromatic rings. The van der Waals surface area contributed by atoms with Crippen LogP contribution in [-0.2, 0) is 0 Å². The van der Waals surface area contributed by atoms with Crippen molar-refractivity contribution in [3.05, 3.63) is 0 Å². The Kier molecular flexibility index (Phi) is 5.15. The maximum Gasteiger partial charge on any atom is 0.0301 e. The second-order valence-corrected chi connectivity index (χ2v) is 6.99. The molecule has 2 heteroatoms. The summed E-state index contributed by atoms with van der Waals surface area (Å²) in [6.07, 6.45) is 13.0. The zero-order valence-corrected chi connectivity index (χ0v) is 12.2. The lowest BCUT2D eigenvalue weighted by atomic mass is 9.87. The van der Waals surface area contributed by atoms with Crippen molar-refractivity contribution >= 4 is 15.9 Å². The van der Waals surface area contributed by atoms with Crippen LogP contribution in [0.1, 0.15) is 57.8 Å². The first-order chi connectivity index (χ1) is 7.77. The monoisotopic (exact) mass is 287 g/mol. The molecule has 2 rings (SSSR count). The minimum Gasteiger partial charge on any atom is -0.302 e. The van der Waals surface area contributed by atoms with Gasteiger partial charge >= 0.3 is 0 Å². The molecule has 2 fully saturated rings.